The van der Waals surface area contributed by atoms with E-state index in [2.05, 4.69) is 5.32 Å². The second-order valence-electron chi connectivity index (χ2n) is 4.23. The molecule has 1 aliphatic heterocycles. The molecule has 2 atom stereocenters. The van der Waals surface area contributed by atoms with Crippen molar-refractivity contribution in [2.24, 2.45) is 5.92 Å². The van der Waals surface area contributed by atoms with Gasteiger partial charge in [-0.3, -0.25) is 4.79 Å². The quantitative estimate of drug-likeness (QED) is 0.743. The Kier molecular flexibility index (Phi) is 3.34. The summed E-state index contributed by atoms with van der Waals surface area (Å²) in [4.78, 5) is 11.0. The zero-order valence-electron chi connectivity index (χ0n) is 8.24. The van der Waals surface area contributed by atoms with Gasteiger partial charge in [0.15, 0.2) is 0 Å². The summed E-state index contributed by atoms with van der Waals surface area (Å²) in [5.74, 6) is 2.05. The summed E-state index contributed by atoms with van der Waals surface area (Å²) in [6, 6.07) is 0.147. The van der Waals surface area contributed by atoms with Gasteiger partial charge in [0.05, 0.1) is 0 Å². The predicted molar refractivity (Wildman–Crippen MR) is 57.6 cm³/mol. The lowest BCUT2D eigenvalue weighted by Crippen LogP contribution is -2.46. The molecule has 2 N–H and O–H groups in total. The van der Waals surface area contributed by atoms with Crippen molar-refractivity contribution in [1.82, 2.24) is 5.32 Å². The largest absolute Gasteiger partial charge is 0.480 e. The van der Waals surface area contributed by atoms with E-state index in [1.807, 2.05) is 11.8 Å². The number of thioether (sulfide) groups is 1. The zero-order chi connectivity index (χ0) is 9.97. The number of rotatable bonds is 4. The van der Waals surface area contributed by atoms with Gasteiger partial charge in [0.2, 0.25) is 0 Å². The molecule has 14 heavy (non-hydrogen) atoms. The first-order valence-corrected chi connectivity index (χ1v) is 6.49. The fraction of sp³-hybridized carbons (Fsp3) is 0.900. The van der Waals surface area contributed by atoms with Gasteiger partial charge < -0.3 is 10.4 Å². The molecule has 1 heterocycles. The summed E-state index contributed by atoms with van der Waals surface area (Å²) in [7, 11) is 0. The molecule has 2 fully saturated rings. The zero-order valence-corrected chi connectivity index (χ0v) is 9.05. The minimum Gasteiger partial charge on any atom is -0.480 e. The van der Waals surface area contributed by atoms with Gasteiger partial charge in [0.25, 0.3) is 0 Å². The van der Waals surface area contributed by atoms with E-state index in [1.54, 1.807) is 0 Å². The molecule has 0 aromatic carbocycles. The first-order valence-electron chi connectivity index (χ1n) is 5.34. The molecule has 4 heteroatoms. The molecule has 0 aromatic heterocycles. The fourth-order valence-corrected chi connectivity index (χ4v) is 3.05. The molecule has 0 bridgehead atoms. The van der Waals surface area contributed by atoms with Crippen LogP contribution >= 0.6 is 11.8 Å². The molecule has 0 amide bonds. The molecule has 2 aliphatic rings. The Hall–Kier alpha value is -0.220. The lowest BCUT2D eigenvalue weighted by atomic mass is 10.1. The summed E-state index contributed by atoms with van der Waals surface area (Å²) < 4.78 is 0. The maximum Gasteiger partial charge on any atom is 0.320 e. The molecule has 0 aromatic rings. The molecule has 80 valence electrons. The molecule has 3 nitrogen and oxygen atoms in total. The second kappa shape index (κ2) is 4.53. The van der Waals surface area contributed by atoms with Crippen LogP contribution < -0.4 is 5.32 Å². The van der Waals surface area contributed by atoms with Crippen LogP contribution in [-0.4, -0.2) is 34.7 Å². The van der Waals surface area contributed by atoms with E-state index in [-0.39, 0.29) is 6.04 Å². The first-order chi connectivity index (χ1) is 6.77. The number of hydrogen-bond acceptors (Lipinski definition) is 3. The van der Waals surface area contributed by atoms with E-state index in [1.165, 1.54) is 12.2 Å². The number of carbonyl (C=O) groups is 1. The van der Waals surface area contributed by atoms with Gasteiger partial charge >= 0.3 is 5.97 Å². The average Bonchev–Trinajstić information content (AvgIpc) is 2.99. The van der Waals surface area contributed by atoms with Gasteiger partial charge in [-0.25, -0.2) is 0 Å². The van der Waals surface area contributed by atoms with Crippen LogP contribution in [0.2, 0.25) is 0 Å². The maximum absolute atomic E-state index is 11.0. The van der Waals surface area contributed by atoms with E-state index < -0.39 is 5.97 Å². The number of carboxylic acid groups (broad SMARTS) is 1. The van der Waals surface area contributed by atoms with Crippen LogP contribution in [0, 0.1) is 5.92 Å². The van der Waals surface area contributed by atoms with E-state index in [0.717, 1.165) is 25.0 Å². The van der Waals surface area contributed by atoms with Crippen molar-refractivity contribution < 1.29 is 9.90 Å². The fourth-order valence-electron chi connectivity index (χ4n) is 1.96. The van der Waals surface area contributed by atoms with Crippen molar-refractivity contribution in [3.8, 4) is 0 Å². The van der Waals surface area contributed by atoms with Crippen LogP contribution in [0.15, 0.2) is 0 Å². The van der Waals surface area contributed by atoms with Crippen molar-refractivity contribution >= 4 is 17.7 Å². The summed E-state index contributed by atoms with van der Waals surface area (Å²) in [6.45, 7) is 0. The highest BCUT2D eigenvalue weighted by atomic mass is 32.2. The SMILES string of the molecule is O=C(O)C(NC1CCCSC1)C1CC1. The van der Waals surface area contributed by atoms with Crippen molar-refractivity contribution in [3.63, 3.8) is 0 Å². The minimum absolute atomic E-state index is 0.279. The number of hydrogen-bond donors (Lipinski definition) is 2. The van der Waals surface area contributed by atoms with E-state index in [4.69, 9.17) is 5.11 Å². The van der Waals surface area contributed by atoms with Crippen LogP contribution in [0.4, 0.5) is 0 Å². The van der Waals surface area contributed by atoms with Crippen molar-refractivity contribution in [3.05, 3.63) is 0 Å². The van der Waals surface area contributed by atoms with Gasteiger partial charge in [-0.1, -0.05) is 0 Å². The molecule has 0 spiro atoms. The van der Waals surface area contributed by atoms with Gasteiger partial charge in [0.1, 0.15) is 6.04 Å². The Morgan fingerprint density at radius 1 is 1.43 bits per heavy atom. The molecule has 1 saturated carbocycles. The molecule has 0 radical (unpaired) electrons. The van der Waals surface area contributed by atoms with Crippen molar-refractivity contribution in [1.29, 1.82) is 0 Å². The molecule has 2 rings (SSSR count). The first kappa shape index (κ1) is 10.3. The number of nitrogens with one attached hydrogen (secondary N) is 1. The predicted octanol–water partition coefficient (Wildman–Crippen LogP) is 1.33. The van der Waals surface area contributed by atoms with E-state index in [0.29, 0.717) is 12.0 Å². The molecular weight excluding hydrogens is 198 g/mol. The molecule has 1 aliphatic carbocycles. The van der Waals surface area contributed by atoms with Gasteiger partial charge in [-0.05, 0) is 37.4 Å². The summed E-state index contributed by atoms with van der Waals surface area (Å²) >= 11 is 1.93. The van der Waals surface area contributed by atoms with Crippen molar-refractivity contribution in [2.75, 3.05) is 11.5 Å². The monoisotopic (exact) mass is 215 g/mol. The van der Waals surface area contributed by atoms with E-state index >= 15 is 0 Å². The lowest BCUT2D eigenvalue weighted by molar-refractivity contribution is -0.140. The smallest absolute Gasteiger partial charge is 0.320 e. The third-order valence-corrected chi connectivity index (χ3v) is 4.15. The topological polar surface area (TPSA) is 49.3 Å². The maximum atomic E-state index is 11.0. The van der Waals surface area contributed by atoms with Crippen LogP contribution in [0.5, 0.6) is 0 Å². The van der Waals surface area contributed by atoms with Gasteiger partial charge in [-0.15, -0.1) is 0 Å². The Balaban J connectivity index is 1.82. The molecular formula is C10H17NO2S. The Morgan fingerprint density at radius 3 is 2.71 bits per heavy atom. The van der Waals surface area contributed by atoms with Crippen molar-refractivity contribution in [2.45, 2.75) is 37.8 Å². The summed E-state index contributed by atoms with van der Waals surface area (Å²) in [6.07, 6.45) is 4.54. The normalized spacial score (nSPS) is 29.9. The Bertz CT molecular complexity index is 212. The third kappa shape index (κ3) is 2.64. The highest BCUT2D eigenvalue weighted by Gasteiger charge is 2.37. The second-order valence-corrected chi connectivity index (χ2v) is 5.38. The minimum atomic E-state index is -0.664. The highest BCUT2D eigenvalue weighted by Crippen LogP contribution is 2.33. The van der Waals surface area contributed by atoms with Crippen LogP contribution in [0.3, 0.4) is 0 Å². The molecule has 2 unspecified atom stereocenters. The van der Waals surface area contributed by atoms with Gasteiger partial charge in [0, 0.05) is 11.8 Å². The standard InChI is InChI=1S/C10H17NO2S/c12-10(13)9(7-3-4-7)11-8-2-1-5-14-6-8/h7-9,11H,1-6H2,(H,12,13). The van der Waals surface area contributed by atoms with Crippen LogP contribution in [0.1, 0.15) is 25.7 Å². The summed E-state index contributed by atoms with van der Waals surface area (Å²) in [5.41, 5.74) is 0. The molecule has 1 saturated heterocycles. The number of carboxylic acids is 1. The lowest BCUT2D eigenvalue weighted by Gasteiger charge is -2.26. The van der Waals surface area contributed by atoms with Crippen LogP contribution in [-0.2, 0) is 4.79 Å². The van der Waals surface area contributed by atoms with Gasteiger partial charge in [-0.2, -0.15) is 11.8 Å². The Labute approximate surface area is 88.6 Å². The average molecular weight is 215 g/mol. The Morgan fingerprint density at radius 2 is 2.21 bits per heavy atom. The van der Waals surface area contributed by atoms with Crippen LogP contribution in [0.25, 0.3) is 0 Å². The third-order valence-electron chi connectivity index (χ3n) is 2.94. The number of aliphatic carboxylic acids is 1. The highest BCUT2D eigenvalue weighted by molar-refractivity contribution is 7.99. The van der Waals surface area contributed by atoms with E-state index in [9.17, 15) is 4.79 Å². The summed E-state index contributed by atoms with van der Waals surface area (Å²) in [5, 5.41) is 12.3.